The molecule has 0 N–H and O–H groups in total. The van der Waals surface area contributed by atoms with Crippen molar-refractivity contribution in [2.75, 3.05) is 0 Å². The minimum absolute atomic E-state index is 1.12. The number of allylic oxidation sites excluding steroid dienone is 9. The minimum atomic E-state index is 1.12. The third kappa shape index (κ3) is 2.75. The largest absolute Gasteiger partial charge is 0.0801 e. The Hall–Kier alpha value is -2.08. The molecular weight excluding hydrogens is 240 g/mol. The zero-order valence-corrected chi connectivity index (χ0v) is 12.0. The molecule has 4 rings (SSSR count). The lowest BCUT2D eigenvalue weighted by molar-refractivity contribution is 1.16. The monoisotopic (exact) mass is 260 g/mol. The van der Waals surface area contributed by atoms with E-state index in [0.29, 0.717) is 0 Å². The third-order valence-electron chi connectivity index (χ3n) is 4.01. The lowest BCUT2D eigenvalue weighted by Gasteiger charge is -2.03. The molecule has 0 saturated carbocycles. The molecule has 0 aromatic heterocycles. The molecule has 0 spiro atoms. The molecule has 3 aliphatic rings. The summed E-state index contributed by atoms with van der Waals surface area (Å²) in [7, 11) is 0. The second-order valence-electron chi connectivity index (χ2n) is 5.40. The van der Waals surface area contributed by atoms with Crippen LogP contribution in [0.15, 0.2) is 77.4 Å². The summed E-state index contributed by atoms with van der Waals surface area (Å²) in [4.78, 5) is 0. The van der Waals surface area contributed by atoms with Crippen LogP contribution in [0.1, 0.15) is 30.9 Å². The van der Waals surface area contributed by atoms with E-state index in [1.54, 1.807) is 0 Å². The molecule has 0 saturated heterocycles. The van der Waals surface area contributed by atoms with Gasteiger partial charge in [0, 0.05) is 0 Å². The van der Waals surface area contributed by atoms with E-state index < -0.39 is 0 Å². The molecule has 0 unspecified atom stereocenters. The van der Waals surface area contributed by atoms with Crippen LogP contribution in [-0.4, -0.2) is 0 Å². The van der Waals surface area contributed by atoms with Gasteiger partial charge in [0.25, 0.3) is 0 Å². The molecule has 20 heavy (non-hydrogen) atoms. The van der Waals surface area contributed by atoms with Crippen LogP contribution in [0.3, 0.4) is 0 Å². The highest BCUT2D eigenvalue weighted by Gasteiger charge is 2.10. The van der Waals surface area contributed by atoms with Gasteiger partial charge in [-0.2, -0.15) is 0 Å². The fourth-order valence-electron chi connectivity index (χ4n) is 2.87. The van der Waals surface area contributed by atoms with Gasteiger partial charge in [-0.15, -0.1) is 0 Å². The summed E-state index contributed by atoms with van der Waals surface area (Å²) >= 11 is 0. The Balaban J connectivity index is 0.000000123. The fourth-order valence-corrected chi connectivity index (χ4v) is 2.87. The van der Waals surface area contributed by atoms with Crippen molar-refractivity contribution in [3.05, 3.63) is 88.6 Å². The third-order valence-corrected chi connectivity index (χ3v) is 4.01. The molecule has 0 aliphatic heterocycles. The van der Waals surface area contributed by atoms with E-state index in [1.807, 2.05) is 0 Å². The maximum atomic E-state index is 2.24. The molecule has 0 heterocycles. The maximum Gasteiger partial charge on any atom is -0.00882 e. The van der Waals surface area contributed by atoms with E-state index >= 15 is 0 Å². The normalized spacial score (nSPS) is 18.1. The average Bonchev–Trinajstić information content (AvgIpc) is 3.20. The summed E-state index contributed by atoms with van der Waals surface area (Å²) in [5.74, 6) is 0. The predicted octanol–water partition coefficient (Wildman–Crippen LogP) is 5.41. The number of hydrogen-bond donors (Lipinski definition) is 0. The first-order valence-electron chi connectivity index (χ1n) is 7.31. The first kappa shape index (κ1) is 12.9. The van der Waals surface area contributed by atoms with Gasteiger partial charge in [-0.05, 0) is 54.0 Å². The van der Waals surface area contributed by atoms with Crippen LogP contribution >= 0.6 is 0 Å². The highest BCUT2D eigenvalue weighted by atomic mass is 14.2. The summed E-state index contributed by atoms with van der Waals surface area (Å²) in [6, 6.07) is 8.49. The minimum Gasteiger partial charge on any atom is -0.0801 e. The van der Waals surface area contributed by atoms with Crippen molar-refractivity contribution in [2.45, 2.75) is 26.2 Å². The van der Waals surface area contributed by atoms with E-state index in [4.69, 9.17) is 0 Å². The van der Waals surface area contributed by atoms with Crippen LogP contribution in [0.4, 0.5) is 0 Å². The molecule has 0 nitrogen and oxygen atoms in total. The van der Waals surface area contributed by atoms with Gasteiger partial charge in [0.1, 0.15) is 0 Å². The van der Waals surface area contributed by atoms with Crippen molar-refractivity contribution in [1.29, 1.82) is 0 Å². The Kier molecular flexibility index (Phi) is 3.83. The van der Waals surface area contributed by atoms with Crippen molar-refractivity contribution in [1.82, 2.24) is 0 Å². The molecule has 100 valence electrons. The smallest absolute Gasteiger partial charge is 0.00882 e. The van der Waals surface area contributed by atoms with E-state index in [1.165, 1.54) is 27.8 Å². The Bertz CT molecular complexity index is 648. The molecule has 0 atom stereocenters. The van der Waals surface area contributed by atoms with Gasteiger partial charge in [-0.1, -0.05) is 66.8 Å². The van der Waals surface area contributed by atoms with Crippen LogP contribution in [-0.2, 0) is 6.42 Å². The van der Waals surface area contributed by atoms with Gasteiger partial charge in [0.2, 0.25) is 0 Å². The molecule has 1 aromatic carbocycles. The van der Waals surface area contributed by atoms with Crippen molar-refractivity contribution in [3.8, 4) is 0 Å². The van der Waals surface area contributed by atoms with E-state index in [9.17, 15) is 0 Å². The summed E-state index contributed by atoms with van der Waals surface area (Å²) in [6.45, 7) is 2.19. The number of hydrogen-bond acceptors (Lipinski definition) is 0. The lowest BCUT2D eigenvalue weighted by atomic mass is 10.0. The van der Waals surface area contributed by atoms with Crippen molar-refractivity contribution in [2.24, 2.45) is 0 Å². The van der Waals surface area contributed by atoms with E-state index in [0.717, 1.165) is 19.3 Å². The van der Waals surface area contributed by atoms with Gasteiger partial charge in [0.15, 0.2) is 0 Å². The molecule has 0 fully saturated rings. The van der Waals surface area contributed by atoms with Gasteiger partial charge in [-0.3, -0.25) is 0 Å². The van der Waals surface area contributed by atoms with Crippen molar-refractivity contribution in [3.63, 3.8) is 0 Å². The zero-order chi connectivity index (χ0) is 13.8. The maximum absolute atomic E-state index is 2.24. The van der Waals surface area contributed by atoms with Gasteiger partial charge >= 0.3 is 0 Å². The Morgan fingerprint density at radius 1 is 0.850 bits per heavy atom. The Morgan fingerprint density at radius 3 is 2.40 bits per heavy atom. The highest BCUT2D eigenvalue weighted by molar-refractivity contribution is 5.59. The van der Waals surface area contributed by atoms with Crippen molar-refractivity contribution < 1.29 is 0 Å². The van der Waals surface area contributed by atoms with Crippen LogP contribution in [0.2, 0.25) is 0 Å². The quantitative estimate of drug-likeness (QED) is 0.633. The van der Waals surface area contributed by atoms with Gasteiger partial charge in [0.05, 0.1) is 0 Å². The van der Waals surface area contributed by atoms with Crippen molar-refractivity contribution >= 4 is 6.08 Å². The summed E-state index contributed by atoms with van der Waals surface area (Å²) in [6.07, 6.45) is 18.8. The molecule has 0 amide bonds. The van der Waals surface area contributed by atoms with Crippen LogP contribution < -0.4 is 0 Å². The second-order valence-corrected chi connectivity index (χ2v) is 5.40. The average molecular weight is 260 g/mol. The highest BCUT2D eigenvalue weighted by Crippen LogP contribution is 2.29. The second kappa shape index (κ2) is 5.92. The van der Waals surface area contributed by atoms with E-state index in [2.05, 4.69) is 73.7 Å². The summed E-state index contributed by atoms with van der Waals surface area (Å²) < 4.78 is 0. The van der Waals surface area contributed by atoms with Crippen LogP contribution in [0.5, 0.6) is 0 Å². The molecule has 1 aromatic rings. The SMILES string of the molecule is C1=Cc2ccccc2C1.CC1=C(C2=CC=CC2)CC=C1. The first-order valence-corrected chi connectivity index (χ1v) is 7.31. The number of rotatable bonds is 1. The Labute approximate surface area is 121 Å². The zero-order valence-electron chi connectivity index (χ0n) is 12.0. The van der Waals surface area contributed by atoms with Gasteiger partial charge < -0.3 is 0 Å². The number of fused-ring (bicyclic) bond motifs is 1. The molecule has 0 heteroatoms. The standard InChI is InChI=1S/C11H12.C9H8/c1-9-5-4-8-11(9)10-6-2-3-7-10;1-2-5-9-7-3-6-8(9)4-1/h2-6H,7-8H2,1H3;1-6H,7H2. The van der Waals surface area contributed by atoms with E-state index in [-0.39, 0.29) is 0 Å². The van der Waals surface area contributed by atoms with Crippen LogP contribution in [0, 0.1) is 0 Å². The topological polar surface area (TPSA) is 0 Å². The number of benzene rings is 1. The molecule has 0 radical (unpaired) electrons. The molecule has 3 aliphatic carbocycles. The summed E-state index contributed by atoms with van der Waals surface area (Å²) in [5.41, 5.74) is 7.33. The fraction of sp³-hybridized carbons (Fsp3) is 0.200. The van der Waals surface area contributed by atoms with Crippen LogP contribution in [0.25, 0.3) is 6.08 Å². The Morgan fingerprint density at radius 2 is 1.70 bits per heavy atom. The molecule has 0 bridgehead atoms. The predicted molar refractivity (Wildman–Crippen MR) is 87.5 cm³/mol. The molecular formula is C20H20. The van der Waals surface area contributed by atoms with Gasteiger partial charge in [-0.25, -0.2) is 0 Å². The summed E-state index contributed by atoms with van der Waals surface area (Å²) in [5, 5.41) is 0. The first-order chi connectivity index (χ1) is 9.84. The lowest BCUT2D eigenvalue weighted by Crippen LogP contribution is -1.84.